The van der Waals surface area contributed by atoms with E-state index >= 15 is 0 Å². The van der Waals surface area contributed by atoms with Crippen molar-refractivity contribution in [3.05, 3.63) is 95.8 Å². The second kappa shape index (κ2) is 9.56. The fraction of sp³-hybridized carbons (Fsp3) is 0.192. The van der Waals surface area contributed by atoms with E-state index in [9.17, 15) is 9.59 Å². The van der Waals surface area contributed by atoms with Gasteiger partial charge in [0.05, 0.1) is 11.0 Å². The highest BCUT2D eigenvalue weighted by atomic mass is 16.2. The quantitative estimate of drug-likeness (QED) is 0.408. The molecular weight excluding hydrogens is 414 g/mol. The third kappa shape index (κ3) is 5.03. The van der Waals surface area contributed by atoms with Crippen LogP contribution in [0.25, 0.3) is 11.0 Å². The first kappa shape index (κ1) is 22.1. The van der Waals surface area contributed by atoms with E-state index < -0.39 is 6.04 Å². The molecule has 3 N–H and O–H groups in total. The Hall–Kier alpha value is -4.13. The molecule has 33 heavy (non-hydrogen) atoms. The molecule has 1 unspecified atom stereocenters. The maximum atomic E-state index is 13.2. The van der Waals surface area contributed by atoms with Gasteiger partial charge in [-0.15, -0.1) is 0 Å². The SMILES string of the molecule is CC(C)NC(=O)Nc1ccc(C(=O)NC(c2ccccc2)c2nc3ccccc3n2C)cc1. The number of nitrogens with zero attached hydrogens (tertiary/aromatic N) is 2. The summed E-state index contributed by atoms with van der Waals surface area (Å²) in [6.45, 7) is 3.78. The van der Waals surface area contributed by atoms with Crippen LogP contribution in [0.3, 0.4) is 0 Å². The molecule has 3 amide bonds. The van der Waals surface area contributed by atoms with E-state index in [1.807, 2.05) is 80.1 Å². The maximum absolute atomic E-state index is 13.2. The first-order chi connectivity index (χ1) is 15.9. The molecule has 7 nitrogen and oxygen atoms in total. The molecular formula is C26H27N5O2. The van der Waals surface area contributed by atoms with Crippen molar-refractivity contribution in [1.82, 2.24) is 20.2 Å². The molecule has 0 aliphatic carbocycles. The summed E-state index contributed by atoms with van der Waals surface area (Å²) in [7, 11) is 1.95. The zero-order valence-corrected chi connectivity index (χ0v) is 18.9. The summed E-state index contributed by atoms with van der Waals surface area (Å²) in [6, 6.07) is 23.8. The van der Waals surface area contributed by atoms with E-state index in [1.165, 1.54) is 0 Å². The van der Waals surface area contributed by atoms with Crippen LogP contribution in [0.1, 0.15) is 41.6 Å². The van der Waals surface area contributed by atoms with E-state index in [1.54, 1.807) is 24.3 Å². The molecule has 0 saturated heterocycles. The van der Waals surface area contributed by atoms with E-state index in [-0.39, 0.29) is 18.0 Å². The second-order valence-electron chi connectivity index (χ2n) is 8.17. The van der Waals surface area contributed by atoms with Crippen LogP contribution in [-0.2, 0) is 7.05 Å². The summed E-state index contributed by atoms with van der Waals surface area (Å²) in [5.74, 6) is 0.522. The molecule has 0 aliphatic rings. The van der Waals surface area contributed by atoms with E-state index in [0.717, 1.165) is 22.4 Å². The number of imidazole rings is 1. The number of carbonyl (C=O) groups excluding carboxylic acids is 2. The molecule has 0 spiro atoms. The molecule has 0 radical (unpaired) electrons. The lowest BCUT2D eigenvalue weighted by Crippen LogP contribution is -2.34. The topological polar surface area (TPSA) is 88.1 Å². The van der Waals surface area contributed by atoms with Gasteiger partial charge < -0.3 is 20.5 Å². The number of hydrogen-bond donors (Lipinski definition) is 3. The van der Waals surface area contributed by atoms with Gasteiger partial charge in [-0.05, 0) is 55.8 Å². The van der Waals surface area contributed by atoms with Gasteiger partial charge >= 0.3 is 6.03 Å². The van der Waals surface area contributed by atoms with Crippen molar-refractivity contribution >= 4 is 28.7 Å². The first-order valence-electron chi connectivity index (χ1n) is 10.9. The summed E-state index contributed by atoms with van der Waals surface area (Å²) >= 11 is 0. The second-order valence-corrected chi connectivity index (χ2v) is 8.17. The van der Waals surface area contributed by atoms with Crippen LogP contribution in [0.5, 0.6) is 0 Å². The Kier molecular flexibility index (Phi) is 6.40. The number of aromatic nitrogens is 2. The lowest BCUT2D eigenvalue weighted by Gasteiger charge is -2.19. The third-order valence-corrected chi connectivity index (χ3v) is 5.31. The van der Waals surface area contributed by atoms with Gasteiger partial charge in [0, 0.05) is 24.3 Å². The van der Waals surface area contributed by atoms with Gasteiger partial charge in [-0.3, -0.25) is 4.79 Å². The number of carbonyl (C=O) groups is 2. The highest BCUT2D eigenvalue weighted by Crippen LogP contribution is 2.25. The molecule has 0 fully saturated rings. The normalized spacial score (nSPS) is 11.9. The van der Waals surface area contributed by atoms with Gasteiger partial charge in [0.1, 0.15) is 11.9 Å². The summed E-state index contributed by atoms with van der Waals surface area (Å²) < 4.78 is 2.01. The molecule has 0 aliphatic heterocycles. The molecule has 1 atom stereocenters. The van der Waals surface area contributed by atoms with Gasteiger partial charge in [-0.25, -0.2) is 9.78 Å². The number of aryl methyl sites for hydroxylation is 1. The average molecular weight is 442 g/mol. The number of fused-ring (bicyclic) bond motifs is 1. The average Bonchev–Trinajstić information content (AvgIpc) is 3.14. The number of benzene rings is 3. The fourth-order valence-corrected chi connectivity index (χ4v) is 3.71. The van der Waals surface area contributed by atoms with Crippen molar-refractivity contribution in [2.24, 2.45) is 7.05 Å². The van der Waals surface area contributed by atoms with Crippen molar-refractivity contribution in [1.29, 1.82) is 0 Å². The van der Waals surface area contributed by atoms with Crippen molar-refractivity contribution in [2.45, 2.75) is 25.9 Å². The Balaban J connectivity index is 1.58. The number of rotatable bonds is 6. The number of anilines is 1. The van der Waals surface area contributed by atoms with Crippen LogP contribution < -0.4 is 16.0 Å². The van der Waals surface area contributed by atoms with Crippen LogP contribution in [0.2, 0.25) is 0 Å². The summed E-state index contributed by atoms with van der Waals surface area (Å²) in [6.07, 6.45) is 0. The predicted octanol–water partition coefficient (Wildman–Crippen LogP) is 4.62. The van der Waals surface area contributed by atoms with Crippen LogP contribution in [0, 0.1) is 0 Å². The van der Waals surface area contributed by atoms with Crippen LogP contribution in [-0.4, -0.2) is 27.5 Å². The minimum Gasteiger partial charge on any atom is -0.338 e. The molecule has 7 heteroatoms. The largest absolute Gasteiger partial charge is 0.338 e. The molecule has 4 rings (SSSR count). The lowest BCUT2D eigenvalue weighted by molar-refractivity contribution is 0.0941. The van der Waals surface area contributed by atoms with E-state index in [4.69, 9.17) is 4.98 Å². The van der Waals surface area contributed by atoms with Gasteiger partial charge in [-0.2, -0.15) is 0 Å². The van der Waals surface area contributed by atoms with Gasteiger partial charge in [0.15, 0.2) is 0 Å². The number of urea groups is 1. The van der Waals surface area contributed by atoms with Crippen molar-refractivity contribution in [2.75, 3.05) is 5.32 Å². The van der Waals surface area contributed by atoms with Gasteiger partial charge in [0.2, 0.25) is 0 Å². The number of hydrogen-bond acceptors (Lipinski definition) is 3. The van der Waals surface area contributed by atoms with E-state index in [0.29, 0.717) is 11.3 Å². The minimum absolute atomic E-state index is 0.0349. The lowest BCUT2D eigenvalue weighted by atomic mass is 10.1. The molecule has 1 heterocycles. The molecule has 168 valence electrons. The highest BCUT2D eigenvalue weighted by Gasteiger charge is 2.23. The van der Waals surface area contributed by atoms with Crippen molar-refractivity contribution in [3.63, 3.8) is 0 Å². The fourth-order valence-electron chi connectivity index (χ4n) is 3.71. The molecule has 4 aromatic rings. The predicted molar refractivity (Wildman–Crippen MR) is 130 cm³/mol. The Bertz CT molecular complexity index is 1260. The van der Waals surface area contributed by atoms with Crippen LogP contribution >= 0.6 is 0 Å². The Morgan fingerprint density at radius 1 is 0.848 bits per heavy atom. The maximum Gasteiger partial charge on any atom is 0.319 e. The number of para-hydroxylation sites is 2. The molecule has 0 saturated carbocycles. The van der Waals surface area contributed by atoms with Crippen molar-refractivity contribution < 1.29 is 9.59 Å². The zero-order chi connectivity index (χ0) is 23.4. The molecule has 1 aromatic heterocycles. The Morgan fingerprint density at radius 2 is 1.52 bits per heavy atom. The first-order valence-corrected chi connectivity index (χ1v) is 10.9. The minimum atomic E-state index is -0.425. The van der Waals surface area contributed by atoms with Gasteiger partial charge in [0.25, 0.3) is 5.91 Å². The van der Waals surface area contributed by atoms with Crippen LogP contribution in [0.4, 0.5) is 10.5 Å². The van der Waals surface area contributed by atoms with E-state index in [2.05, 4.69) is 16.0 Å². The Labute approximate surface area is 192 Å². The highest BCUT2D eigenvalue weighted by molar-refractivity contribution is 5.96. The number of amides is 3. The standard InChI is InChI=1S/C26H27N5O2/c1-17(2)27-26(33)28-20-15-13-19(14-16-20)25(32)30-23(18-9-5-4-6-10-18)24-29-21-11-7-8-12-22(21)31(24)3/h4-17,23H,1-3H3,(H,30,32)(H2,27,28,33). The smallest absolute Gasteiger partial charge is 0.319 e. The molecule has 3 aromatic carbocycles. The van der Waals surface area contributed by atoms with Crippen molar-refractivity contribution in [3.8, 4) is 0 Å². The zero-order valence-electron chi connectivity index (χ0n) is 18.9. The summed E-state index contributed by atoms with van der Waals surface area (Å²) in [5.41, 5.74) is 3.91. The third-order valence-electron chi connectivity index (χ3n) is 5.31. The summed E-state index contributed by atoms with van der Waals surface area (Å²) in [4.78, 5) is 29.9. The Morgan fingerprint density at radius 3 is 2.18 bits per heavy atom. The number of nitrogens with one attached hydrogen (secondary N) is 3. The monoisotopic (exact) mass is 441 g/mol. The molecule has 0 bridgehead atoms. The summed E-state index contributed by atoms with van der Waals surface area (Å²) in [5, 5.41) is 8.66. The van der Waals surface area contributed by atoms with Gasteiger partial charge in [-0.1, -0.05) is 42.5 Å². The van der Waals surface area contributed by atoms with Crippen LogP contribution in [0.15, 0.2) is 78.9 Å².